The standard InChI is InChI=1S/C32H44N10O7/c33-26(43)14-13-25(29(46)47)41-27(44)23(11-5-15-38-30(34)35)40-28(45)24(12-6-16-39-31(36)37)42-32(48)49-17-22-20-9-3-1-7-18(20)19-8-2-4-10-21(19)22/h1-4,7-10,22-25H,5-6,11-17H2,(H2,33,43)(H,40,45)(H,41,44)(H,42,48)(H,46,47)(H4,34,35,38)(H4,36,37,39)/t23-,24-,25-/m0/s1. The molecule has 14 N–H and O–H groups in total. The number of guanidine groups is 2. The molecule has 3 rings (SSSR count). The lowest BCUT2D eigenvalue weighted by molar-refractivity contribution is -0.142. The Labute approximate surface area is 283 Å². The minimum Gasteiger partial charge on any atom is -0.480 e. The molecule has 1 aliphatic rings. The number of carbonyl (C=O) groups is 5. The number of amides is 4. The lowest BCUT2D eigenvalue weighted by Crippen LogP contribution is -2.56. The number of aliphatic imine (C=N–C) groups is 2. The topological polar surface area (TPSA) is 306 Å². The molecule has 0 radical (unpaired) electrons. The number of benzene rings is 2. The first kappa shape index (κ1) is 37.6. The highest BCUT2D eigenvalue weighted by atomic mass is 16.5. The maximum absolute atomic E-state index is 13.6. The van der Waals surface area contributed by atoms with E-state index in [4.69, 9.17) is 33.4 Å². The number of fused-ring (bicyclic) bond motifs is 3. The summed E-state index contributed by atoms with van der Waals surface area (Å²) in [5.74, 6) is -4.26. The number of primary amides is 1. The number of alkyl carbamates (subject to hydrolysis) is 1. The Hall–Kier alpha value is -5.87. The Morgan fingerprint density at radius 2 is 1.16 bits per heavy atom. The fourth-order valence-electron chi connectivity index (χ4n) is 5.42. The summed E-state index contributed by atoms with van der Waals surface area (Å²) in [5.41, 5.74) is 30.8. The third kappa shape index (κ3) is 11.7. The maximum atomic E-state index is 13.6. The number of hydrogen-bond donors (Lipinski definition) is 9. The van der Waals surface area contributed by atoms with Gasteiger partial charge < -0.3 is 54.5 Å². The fourth-order valence-corrected chi connectivity index (χ4v) is 5.42. The lowest BCUT2D eigenvalue weighted by Gasteiger charge is -2.24. The molecule has 3 atom stereocenters. The number of nitrogens with two attached hydrogens (primary N) is 5. The van der Waals surface area contributed by atoms with E-state index in [1.165, 1.54) is 0 Å². The molecule has 264 valence electrons. The van der Waals surface area contributed by atoms with Gasteiger partial charge >= 0.3 is 12.1 Å². The minimum absolute atomic E-state index is 0.0000975. The van der Waals surface area contributed by atoms with E-state index in [0.29, 0.717) is 0 Å². The molecule has 0 saturated carbocycles. The van der Waals surface area contributed by atoms with E-state index in [-0.39, 0.29) is 76.1 Å². The van der Waals surface area contributed by atoms with Crippen LogP contribution in [-0.2, 0) is 23.9 Å². The Bertz CT molecular complexity index is 1510. The van der Waals surface area contributed by atoms with Crippen molar-refractivity contribution in [2.45, 2.75) is 62.6 Å². The van der Waals surface area contributed by atoms with Crippen LogP contribution in [0.3, 0.4) is 0 Å². The summed E-state index contributed by atoms with van der Waals surface area (Å²) in [6, 6.07) is 11.8. The molecule has 0 fully saturated rings. The van der Waals surface area contributed by atoms with E-state index >= 15 is 0 Å². The predicted octanol–water partition coefficient (Wildman–Crippen LogP) is -0.679. The van der Waals surface area contributed by atoms with Gasteiger partial charge in [0.05, 0.1) is 0 Å². The molecule has 0 heterocycles. The molecule has 0 aliphatic heterocycles. The van der Waals surface area contributed by atoms with Gasteiger partial charge in [-0.2, -0.15) is 0 Å². The zero-order valence-corrected chi connectivity index (χ0v) is 27.0. The van der Waals surface area contributed by atoms with Crippen molar-refractivity contribution in [3.8, 4) is 11.1 Å². The average molecular weight is 681 g/mol. The maximum Gasteiger partial charge on any atom is 0.407 e. The summed E-state index contributed by atoms with van der Waals surface area (Å²) in [4.78, 5) is 70.7. The first-order chi connectivity index (χ1) is 23.4. The third-order valence-corrected chi connectivity index (χ3v) is 7.77. The van der Waals surface area contributed by atoms with Gasteiger partial charge in [-0.05, 0) is 54.4 Å². The van der Waals surface area contributed by atoms with E-state index in [1.807, 2.05) is 48.5 Å². The molecule has 0 aromatic heterocycles. The van der Waals surface area contributed by atoms with Crippen LogP contribution in [-0.4, -0.2) is 84.6 Å². The van der Waals surface area contributed by atoms with Crippen LogP contribution in [0.5, 0.6) is 0 Å². The normalized spacial score (nSPS) is 13.4. The number of rotatable bonds is 19. The summed E-state index contributed by atoms with van der Waals surface area (Å²) < 4.78 is 5.63. The monoisotopic (exact) mass is 680 g/mol. The highest BCUT2D eigenvalue weighted by Crippen LogP contribution is 2.44. The van der Waals surface area contributed by atoms with E-state index < -0.39 is 47.9 Å². The Balaban J connectivity index is 1.74. The second kappa shape index (κ2) is 18.5. The van der Waals surface area contributed by atoms with Crippen LogP contribution in [0.25, 0.3) is 11.1 Å². The van der Waals surface area contributed by atoms with Crippen molar-refractivity contribution in [1.82, 2.24) is 16.0 Å². The molecule has 0 spiro atoms. The number of carbonyl (C=O) groups excluding carboxylic acids is 4. The van der Waals surface area contributed by atoms with Crippen molar-refractivity contribution in [3.05, 3.63) is 59.7 Å². The number of carboxylic acid groups (broad SMARTS) is 1. The lowest BCUT2D eigenvalue weighted by atomic mass is 9.98. The number of ether oxygens (including phenoxy) is 1. The number of aliphatic carboxylic acids is 1. The van der Waals surface area contributed by atoms with Gasteiger partial charge in [-0.25, -0.2) is 9.59 Å². The van der Waals surface area contributed by atoms with Gasteiger partial charge in [-0.3, -0.25) is 24.4 Å². The SMILES string of the molecule is NC(=O)CC[C@H](NC(=O)[C@H](CCCN=C(N)N)NC(=O)[C@H](CCCN=C(N)N)NC(=O)OCC1c2ccccc2-c2ccccc21)C(=O)O. The molecular formula is C32H44N10O7. The smallest absolute Gasteiger partial charge is 0.407 e. The molecule has 1 aliphatic carbocycles. The Morgan fingerprint density at radius 3 is 1.63 bits per heavy atom. The molecule has 0 bridgehead atoms. The number of carboxylic acids is 1. The highest BCUT2D eigenvalue weighted by molar-refractivity contribution is 5.93. The second-order valence-electron chi connectivity index (χ2n) is 11.4. The van der Waals surface area contributed by atoms with Crippen LogP contribution in [0.1, 0.15) is 55.6 Å². The molecule has 17 nitrogen and oxygen atoms in total. The quantitative estimate of drug-likeness (QED) is 0.0508. The van der Waals surface area contributed by atoms with Crippen molar-refractivity contribution in [2.75, 3.05) is 19.7 Å². The van der Waals surface area contributed by atoms with Gasteiger partial charge in [-0.1, -0.05) is 48.5 Å². The minimum atomic E-state index is -1.45. The average Bonchev–Trinajstić information content (AvgIpc) is 3.37. The van der Waals surface area contributed by atoms with E-state index in [2.05, 4.69) is 25.9 Å². The van der Waals surface area contributed by atoms with Gasteiger partial charge in [0.15, 0.2) is 11.9 Å². The van der Waals surface area contributed by atoms with E-state index in [0.717, 1.165) is 22.3 Å². The zero-order valence-electron chi connectivity index (χ0n) is 27.0. The first-order valence-corrected chi connectivity index (χ1v) is 15.7. The van der Waals surface area contributed by atoms with Gasteiger partial charge in [0.25, 0.3) is 0 Å². The second-order valence-corrected chi connectivity index (χ2v) is 11.4. The molecule has 17 heteroatoms. The van der Waals surface area contributed by atoms with Crippen LogP contribution < -0.4 is 44.6 Å². The van der Waals surface area contributed by atoms with Crippen molar-refractivity contribution in [1.29, 1.82) is 0 Å². The largest absolute Gasteiger partial charge is 0.480 e. The van der Waals surface area contributed by atoms with Crippen LogP contribution in [0.2, 0.25) is 0 Å². The summed E-state index contributed by atoms with van der Waals surface area (Å²) in [5, 5.41) is 17.1. The van der Waals surface area contributed by atoms with Crippen molar-refractivity contribution in [2.24, 2.45) is 38.7 Å². The summed E-state index contributed by atoms with van der Waals surface area (Å²) >= 11 is 0. The van der Waals surface area contributed by atoms with Gasteiger partial charge in [0.1, 0.15) is 24.7 Å². The predicted molar refractivity (Wildman–Crippen MR) is 182 cm³/mol. The van der Waals surface area contributed by atoms with Gasteiger partial charge in [0, 0.05) is 25.4 Å². The number of hydrogen-bond acceptors (Lipinski definition) is 8. The number of nitrogens with zero attached hydrogens (tertiary/aromatic N) is 2. The molecule has 0 unspecified atom stereocenters. The summed E-state index contributed by atoms with van der Waals surface area (Å²) in [6.45, 7) is 0.271. The molecule has 0 saturated heterocycles. The van der Waals surface area contributed by atoms with Crippen LogP contribution in [0.15, 0.2) is 58.5 Å². The van der Waals surface area contributed by atoms with Gasteiger partial charge in [-0.15, -0.1) is 0 Å². The van der Waals surface area contributed by atoms with Crippen LogP contribution in [0, 0.1) is 0 Å². The van der Waals surface area contributed by atoms with Gasteiger partial charge in [0.2, 0.25) is 17.7 Å². The molecule has 2 aromatic carbocycles. The summed E-state index contributed by atoms with van der Waals surface area (Å²) in [7, 11) is 0. The van der Waals surface area contributed by atoms with Crippen molar-refractivity contribution in [3.63, 3.8) is 0 Å². The van der Waals surface area contributed by atoms with E-state index in [1.54, 1.807) is 0 Å². The third-order valence-electron chi connectivity index (χ3n) is 7.77. The van der Waals surface area contributed by atoms with Crippen LogP contribution in [0.4, 0.5) is 4.79 Å². The van der Waals surface area contributed by atoms with Crippen molar-refractivity contribution < 1.29 is 33.8 Å². The molecular weight excluding hydrogens is 636 g/mol. The highest BCUT2D eigenvalue weighted by Gasteiger charge is 2.32. The Morgan fingerprint density at radius 1 is 0.694 bits per heavy atom. The number of nitrogens with one attached hydrogen (secondary N) is 3. The van der Waals surface area contributed by atoms with Crippen LogP contribution >= 0.6 is 0 Å². The fraction of sp³-hybridized carbons (Fsp3) is 0.406. The Kier molecular flexibility index (Phi) is 14.2. The molecule has 49 heavy (non-hydrogen) atoms. The molecule has 4 amide bonds. The zero-order chi connectivity index (χ0) is 35.9. The van der Waals surface area contributed by atoms with Crippen molar-refractivity contribution >= 4 is 41.7 Å². The first-order valence-electron chi connectivity index (χ1n) is 15.7. The summed E-state index contributed by atoms with van der Waals surface area (Å²) in [6.07, 6.45) is -0.856. The molecule has 2 aromatic rings. The van der Waals surface area contributed by atoms with E-state index in [9.17, 15) is 29.1 Å².